The van der Waals surface area contributed by atoms with E-state index >= 15 is 0 Å². The zero-order valence-electron chi connectivity index (χ0n) is 17.7. The molecule has 3 rings (SSSR count). The van der Waals surface area contributed by atoms with Gasteiger partial charge in [-0.2, -0.15) is 13.2 Å². The Labute approximate surface area is 186 Å². The number of alkyl halides is 3. The van der Waals surface area contributed by atoms with Crippen LogP contribution >= 0.6 is 0 Å². The molecule has 0 heterocycles. The third kappa shape index (κ3) is 6.76. The summed E-state index contributed by atoms with van der Waals surface area (Å²) in [5.41, 5.74) is 2.45. The van der Waals surface area contributed by atoms with Crippen molar-refractivity contribution in [2.24, 2.45) is 0 Å². The van der Waals surface area contributed by atoms with Crippen molar-refractivity contribution in [1.29, 1.82) is 0 Å². The lowest BCUT2D eigenvalue weighted by Crippen LogP contribution is -2.04. The smallest absolute Gasteiger partial charge is 0.206 e. The molecule has 0 radical (unpaired) electrons. The predicted octanol–water partition coefficient (Wildman–Crippen LogP) is 7.38. The van der Waals surface area contributed by atoms with E-state index in [0.717, 1.165) is 24.1 Å². The van der Waals surface area contributed by atoms with Gasteiger partial charge in [0.25, 0.3) is 0 Å². The van der Waals surface area contributed by atoms with E-state index in [4.69, 9.17) is 0 Å². The fourth-order valence-electron chi connectivity index (χ4n) is 3.05. The summed E-state index contributed by atoms with van der Waals surface area (Å²) in [6, 6.07) is 17.0. The molecule has 162 valence electrons. The zero-order valence-corrected chi connectivity index (χ0v) is 17.7. The third-order valence-electron chi connectivity index (χ3n) is 4.90. The molecule has 0 aliphatic heterocycles. The van der Waals surface area contributed by atoms with Crippen molar-refractivity contribution >= 4 is 0 Å². The van der Waals surface area contributed by atoms with Gasteiger partial charge in [0.15, 0.2) is 0 Å². The molecule has 4 heteroatoms. The second-order valence-corrected chi connectivity index (χ2v) is 7.42. The van der Waals surface area contributed by atoms with Crippen LogP contribution in [0.4, 0.5) is 17.6 Å². The highest BCUT2D eigenvalue weighted by molar-refractivity contribution is 5.49. The van der Waals surface area contributed by atoms with Crippen molar-refractivity contribution in [3.63, 3.8) is 0 Å². The lowest BCUT2D eigenvalue weighted by Gasteiger charge is -2.05. The molecule has 32 heavy (non-hydrogen) atoms. The van der Waals surface area contributed by atoms with Crippen LogP contribution in [0.3, 0.4) is 0 Å². The van der Waals surface area contributed by atoms with Crippen LogP contribution < -0.4 is 0 Å². The van der Waals surface area contributed by atoms with E-state index in [-0.39, 0.29) is 5.56 Å². The van der Waals surface area contributed by atoms with E-state index in [2.05, 4.69) is 42.7 Å². The first-order chi connectivity index (χ1) is 15.3. The summed E-state index contributed by atoms with van der Waals surface area (Å²) in [6.45, 7) is 2.18. The minimum absolute atomic E-state index is 0.261. The predicted molar refractivity (Wildman–Crippen MR) is 119 cm³/mol. The molecular formula is C28H22F4. The van der Waals surface area contributed by atoms with Gasteiger partial charge in [-0.1, -0.05) is 55.6 Å². The van der Waals surface area contributed by atoms with Gasteiger partial charge in [-0.15, -0.1) is 0 Å². The van der Waals surface area contributed by atoms with Gasteiger partial charge in [-0.3, -0.25) is 0 Å². The Bertz CT molecular complexity index is 1160. The highest BCUT2D eigenvalue weighted by Gasteiger charge is 2.29. The minimum atomic E-state index is -4.39. The van der Waals surface area contributed by atoms with Crippen LogP contribution in [0.15, 0.2) is 66.7 Å². The molecule has 0 aliphatic rings. The second-order valence-electron chi connectivity index (χ2n) is 7.42. The summed E-state index contributed by atoms with van der Waals surface area (Å²) in [7, 11) is 0. The Morgan fingerprint density at radius 1 is 0.688 bits per heavy atom. The number of hydrogen-bond donors (Lipinski definition) is 0. The normalized spacial score (nSPS) is 10.7. The number of benzene rings is 3. The van der Waals surface area contributed by atoms with E-state index in [0.29, 0.717) is 11.1 Å². The second kappa shape index (κ2) is 10.7. The lowest BCUT2D eigenvalue weighted by atomic mass is 10.1. The van der Waals surface area contributed by atoms with Gasteiger partial charge in [0.2, 0.25) is 0 Å². The van der Waals surface area contributed by atoms with E-state index < -0.39 is 17.6 Å². The highest BCUT2D eigenvalue weighted by Crippen LogP contribution is 2.29. The zero-order chi connectivity index (χ0) is 23.0. The molecule has 3 aromatic rings. The van der Waals surface area contributed by atoms with Crippen LogP contribution in [-0.4, -0.2) is 0 Å². The Kier molecular flexibility index (Phi) is 7.74. The van der Waals surface area contributed by atoms with Gasteiger partial charge in [-0.05, 0) is 73.0 Å². The average molecular weight is 434 g/mol. The molecule has 0 bridgehead atoms. The third-order valence-corrected chi connectivity index (χ3v) is 4.90. The Morgan fingerprint density at radius 2 is 1.25 bits per heavy atom. The fraction of sp³-hybridized carbons (Fsp3) is 0.214. The molecule has 0 spiro atoms. The van der Waals surface area contributed by atoms with Crippen molar-refractivity contribution in [2.75, 3.05) is 0 Å². The maximum atomic E-state index is 14.4. The number of aryl methyl sites for hydroxylation is 1. The molecule has 0 amide bonds. The standard InChI is InChI=1S/C28H22F4/c1-2-3-4-5-21-6-8-22(9-7-21)12-16-25-17-13-24(20-27(25)29)11-10-23-14-18-26(19-15-23)28(30,31)32/h6-9,13-15,17-20H,2-5H2,1H3. The average Bonchev–Trinajstić information content (AvgIpc) is 2.78. The van der Waals surface area contributed by atoms with Crippen LogP contribution in [0.2, 0.25) is 0 Å². The SMILES string of the molecule is CCCCCc1ccc(C#Cc2ccc(C#Cc3ccc(C(F)(F)F)cc3)cc2F)cc1. The Morgan fingerprint density at radius 3 is 1.84 bits per heavy atom. The quantitative estimate of drug-likeness (QED) is 0.228. The first-order valence-corrected chi connectivity index (χ1v) is 10.4. The maximum Gasteiger partial charge on any atom is 0.416 e. The fourth-order valence-corrected chi connectivity index (χ4v) is 3.05. The topological polar surface area (TPSA) is 0 Å². The Hall–Kier alpha value is -3.50. The van der Waals surface area contributed by atoms with Crippen LogP contribution in [0.1, 0.15) is 59.6 Å². The molecule has 0 nitrogen and oxygen atoms in total. The van der Waals surface area contributed by atoms with Crippen LogP contribution in [-0.2, 0) is 12.6 Å². The molecule has 0 aliphatic carbocycles. The summed E-state index contributed by atoms with van der Waals surface area (Å²) < 4.78 is 52.2. The van der Waals surface area contributed by atoms with E-state index in [1.165, 1.54) is 43.0 Å². The maximum absolute atomic E-state index is 14.4. The van der Waals surface area contributed by atoms with E-state index in [1.54, 1.807) is 12.1 Å². The molecule has 3 aromatic carbocycles. The van der Waals surface area contributed by atoms with E-state index in [1.807, 2.05) is 12.1 Å². The number of unbranched alkanes of at least 4 members (excludes halogenated alkanes) is 2. The largest absolute Gasteiger partial charge is 0.416 e. The van der Waals surface area contributed by atoms with Crippen molar-refractivity contribution < 1.29 is 17.6 Å². The first kappa shape index (κ1) is 23.2. The number of halogens is 4. The number of rotatable bonds is 4. The molecule has 0 saturated heterocycles. The highest BCUT2D eigenvalue weighted by atomic mass is 19.4. The van der Waals surface area contributed by atoms with Crippen molar-refractivity contribution in [3.8, 4) is 23.7 Å². The van der Waals surface area contributed by atoms with Crippen molar-refractivity contribution in [3.05, 3.63) is 106 Å². The summed E-state index contributed by atoms with van der Waals surface area (Å²) >= 11 is 0. The molecular weight excluding hydrogens is 412 g/mol. The summed E-state index contributed by atoms with van der Waals surface area (Å²) in [6.07, 6.45) is 0.231. The molecule has 0 atom stereocenters. The summed E-state index contributed by atoms with van der Waals surface area (Å²) in [5.74, 6) is 10.8. The molecule has 0 aromatic heterocycles. The van der Waals surface area contributed by atoms with Crippen molar-refractivity contribution in [2.45, 2.75) is 38.8 Å². The van der Waals surface area contributed by atoms with Crippen LogP contribution in [0.25, 0.3) is 0 Å². The van der Waals surface area contributed by atoms with E-state index in [9.17, 15) is 17.6 Å². The molecule has 0 saturated carbocycles. The van der Waals surface area contributed by atoms with Gasteiger partial charge in [-0.25, -0.2) is 4.39 Å². The minimum Gasteiger partial charge on any atom is -0.206 e. The van der Waals surface area contributed by atoms with Crippen molar-refractivity contribution in [1.82, 2.24) is 0 Å². The molecule has 0 N–H and O–H groups in total. The Balaban J connectivity index is 1.67. The van der Waals surface area contributed by atoms with Crippen LogP contribution in [0.5, 0.6) is 0 Å². The van der Waals surface area contributed by atoms with Gasteiger partial charge in [0, 0.05) is 16.7 Å². The summed E-state index contributed by atoms with van der Waals surface area (Å²) in [5, 5.41) is 0. The van der Waals surface area contributed by atoms with Gasteiger partial charge < -0.3 is 0 Å². The molecule has 0 unspecified atom stereocenters. The summed E-state index contributed by atoms with van der Waals surface area (Å²) in [4.78, 5) is 0. The monoisotopic (exact) mass is 434 g/mol. The van der Waals surface area contributed by atoms with Gasteiger partial charge in [0.1, 0.15) is 5.82 Å². The molecule has 0 fully saturated rings. The van der Waals surface area contributed by atoms with Gasteiger partial charge in [0.05, 0.1) is 11.1 Å². The number of hydrogen-bond acceptors (Lipinski definition) is 0. The van der Waals surface area contributed by atoms with Crippen LogP contribution in [0, 0.1) is 29.5 Å². The first-order valence-electron chi connectivity index (χ1n) is 10.4. The van der Waals surface area contributed by atoms with Gasteiger partial charge >= 0.3 is 6.18 Å². The lowest BCUT2D eigenvalue weighted by molar-refractivity contribution is -0.137.